The summed E-state index contributed by atoms with van der Waals surface area (Å²) in [5.41, 5.74) is 0. The molecule has 0 saturated carbocycles. The first-order valence-electron chi connectivity index (χ1n) is 8.36. The molecular weight excluding hydrogens is 303 g/mol. The molecular formula is C18H31KO3. The first-order valence-corrected chi connectivity index (χ1v) is 8.36. The van der Waals surface area contributed by atoms with Crippen LogP contribution in [0.3, 0.4) is 0 Å². The van der Waals surface area contributed by atoms with Crippen LogP contribution >= 0.6 is 0 Å². The van der Waals surface area contributed by atoms with Gasteiger partial charge < -0.3 is 15.0 Å². The molecule has 0 rings (SSSR count). The smallest absolute Gasteiger partial charge is 0.550 e. The molecule has 0 aromatic rings. The molecule has 0 aliphatic heterocycles. The van der Waals surface area contributed by atoms with Crippen LogP contribution in [0.4, 0.5) is 0 Å². The molecule has 0 bridgehead atoms. The number of allylic oxidation sites excluding steroid dienone is 3. The Hall–Kier alpha value is 0.546. The van der Waals surface area contributed by atoms with Crippen LogP contribution in [0, 0.1) is 0 Å². The van der Waals surface area contributed by atoms with E-state index in [1.54, 1.807) is 0 Å². The molecule has 0 aliphatic carbocycles. The second-order valence-corrected chi connectivity index (χ2v) is 5.52. The SMILES string of the molecule is CCCCC/C=C\C/C=C\C(O)CCCCCCC(=O)[O-].[K+]. The van der Waals surface area contributed by atoms with E-state index in [1.807, 2.05) is 12.2 Å². The molecule has 22 heavy (non-hydrogen) atoms. The largest absolute Gasteiger partial charge is 1.00 e. The number of carboxylic acids is 1. The van der Waals surface area contributed by atoms with Gasteiger partial charge in [-0.15, -0.1) is 0 Å². The minimum Gasteiger partial charge on any atom is -0.550 e. The van der Waals surface area contributed by atoms with E-state index in [-0.39, 0.29) is 63.9 Å². The molecule has 122 valence electrons. The van der Waals surface area contributed by atoms with Crippen LogP contribution in [-0.4, -0.2) is 17.2 Å². The monoisotopic (exact) mass is 334 g/mol. The predicted molar refractivity (Wildman–Crippen MR) is 85.8 cm³/mol. The van der Waals surface area contributed by atoms with Gasteiger partial charge in [-0.1, -0.05) is 63.3 Å². The van der Waals surface area contributed by atoms with Gasteiger partial charge in [-0.3, -0.25) is 0 Å². The summed E-state index contributed by atoms with van der Waals surface area (Å²) in [7, 11) is 0. The molecule has 0 amide bonds. The Morgan fingerprint density at radius 2 is 1.77 bits per heavy atom. The van der Waals surface area contributed by atoms with E-state index < -0.39 is 5.97 Å². The van der Waals surface area contributed by atoms with Crippen LogP contribution in [0.25, 0.3) is 0 Å². The minimum absolute atomic E-state index is 0. The predicted octanol–water partition coefficient (Wildman–Crippen LogP) is 0.525. The maximum absolute atomic E-state index is 10.2. The number of carboxylic acid groups (broad SMARTS) is 1. The van der Waals surface area contributed by atoms with Gasteiger partial charge in [-0.05, 0) is 38.5 Å². The zero-order valence-corrected chi connectivity index (χ0v) is 17.6. The first-order chi connectivity index (χ1) is 10.2. The normalized spacial score (nSPS) is 12.6. The van der Waals surface area contributed by atoms with Gasteiger partial charge in [0.05, 0.1) is 6.10 Å². The van der Waals surface area contributed by atoms with Crippen molar-refractivity contribution < 1.29 is 66.4 Å². The third-order valence-electron chi connectivity index (χ3n) is 3.40. The van der Waals surface area contributed by atoms with Crippen LogP contribution in [-0.2, 0) is 4.79 Å². The molecule has 0 aromatic heterocycles. The van der Waals surface area contributed by atoms with E-state index in [2.05, 4.69) is 19.1 Å². The molecule has 0 heterocycles. The van der Waals surface area contributed by atoms with E-state index in [9.17, 15) is 15.0 Å². The van der Waals surface area contributed by atoms with Crippen LogP contribution < -0.4 is 56.5 Å². The minimum atomic E-state index is -0.972. The fourth-order valence-electron chi connectivity index (χ4n) is 2.11. The summed E-state index contributed by atoms with van der Waals surface area (Å²) in [6.45, 7) is 2.21. The molecule has 1 atom stereocenters. The molecule has 0 spiro atoms. The van der Waals surface area contributed by atoms with Crippen molar-refractivity contribution in [3.05, 3.63) is 24.3 Å². The van der Waals surface area contributed by atoms with Gasteiger partial charge in [-0.2, -0.15) is 0 Å². The number of unbranched alkanes of at least 4 members (excludes halogenated alkanes) is 6. The quantitative estimate of drug-likeness (QED) is 0.286. The van der Waals surface area contributed by atoms with Gasteiger partial charge in [0, 0.05) is 5.97 Å². The standard InChI is InChI=1S/C18H32O3.K/c1-2-3-4-5-6-7-8-11-14-17(19)15-12-9-10-13-16-18(20)21;/h6-7,11,14,17,19H,2-5,8-10,12-13,15-16H2,1H3,(H,20,21);/q;+1/p-1/b7-6-,14-11-;. The first kappa shape index (κ1) is 24.8. The Kier molecular flexibility index (Phi) is 22.1. The number of aliphatic hydroxyl groups excluding tert-OH is 1. The fourth-order valence-corrected chi connectivity index (χ4v) is 2.11. The Bertz CT molecular complexity index is 301. The van der Waals surface area contributed by atoms with Gasteiger partial charge >= 0.3 is 51.4 Å². The molecule has 4 heteroatoms. The number of hydrogen-bond donors (Lipinski definition) is 1. The van der Waals surface area contributed by atoms with Crippen molar-refractivity contribution in [2.45, 2.75) is 83.7 Å². The maximum Gasteiger partial charge on any atom is 1.00 e. The number of carbonyl (C=O) groups excluding carboxylic acids is 1. The van der Waals surface area contributed by atoms with Crippen molar-refractivity contribution in [1.82, 2.24) is 0 Å². The Morgan fingerprint density at radius 1 is 1.05 bits per heavy atom. The number of carbonyl (C=O) groups is 1. The third-order valence-corrected chi connectivity index (χ3v) is 3.40. The molecule has 1 unspecified atom stereocenters. The molecule has 0 radical (unpaired) electrons. The molecule has 0 saturated heterocycles. The Morgan fingerprint density at radius 3 is 2.45 bits per heavy atom. The van der Waals surface area contributed by atoms with Crippen LogP contribution in [0.1, 0.15) is 77.6 Å². The van der Waals surface area contributed by atoms with Gasteiger partial charge in [0.25, 0.3) is 0 Å². The molecule has 0 aromatic carbocycles. The van der Waals surface area contributed by atoms with Gasteiger partial charge in [0.2, 0.25) is 0 Å². The Balaban J connectivity index is 0. The van der Waals surface area contributed by atoms with Crippen LogP contribution in [0.15, 0.2) is 24.3 Å². The van der Waals surface area contributed by atoms with Crippen molar-refractivity contribution in [2.75, 3.05) is 0 Å². The zero-order valence-electron chi connectivity index (χ0n) is 14.4. The van der Waals surface area contributed by atoms with Crippen molar-refractivity contribution in [3.63, 3.8) is 0 Å². The number of aliphatic carboxylic acids is 1. The number of hydrogen-bond acceptors (Lipinski definition) is 3. The van der Waals surface area contributed by atoms with Crippen molar-refractivity contribution in [2.24, 2.45) is 0 Å². The summed E-state index contributed by atoms with van der Waals surface area (Å²) in [6.07, 6.45) is 18.1. The maximum atomic E-state index is 10.2. The summed E-state index contributed by atoms with van der Waals surface area (Å²) in [6, 6.07) is 0. The van der Waals surface area contributed by atoms with Gasteiger partial charge in [-0.25, -0.2) is 0 Å². The summed E-state index contributed by atoms with van der Waals surface area (Å²) in [4.78, 5) is 10.2. The van der Waals surface area contributed by atoms with Gasteiger partial charge in [0.1, 0.15) is 0 Å². The zero-order chi connectivity index (χ0) is 15.8. The van der Waals surface area contributed by atoms with E-state index >= 15 is 0 Å². The van der Waals surface area contributed by atoms with Crippen molar-refractivity contribution >= 4 is 5.97 Å². The topological polar surface area (TPSA) is 60.4 Å². The van der Waals surface area contributed by atoms with E-state index in [4.69, 9.17) is 0 Å². The average Bonchev–Trinajstić information content (AvgIpc) is 2.45. The molecule has 0 fully saturated rings. The second kappa shape index (κ2) is 19.6. The molecule has 3 nitrogen and oxygen atoms in total. The molecule has 1 N–H and O–H groups in total. The number of rotatable bonds is 14. The van der Waals surface area contributed by atoms with E-state index in [1.165, 1.54) is 19.3 Å². The third kappa shape index (κ3) is 20.5. The second-order valence-electron chi connectivity index (χ2n) is 5.52. The summed E-state index contributed by atoms with van der Waals surface area (Å²) in [5, 5.41) is 20.0. The van der Waals surface area contributed by atoms with Crippen LogP contribution in [0.5, 0.6) is 0 Å². The van der Waals surface area contributed by atoms with Crippen molar-refractivity contribution in [1.29, 1.82) is 0 Å². The number of aliphatic hydroxyl groups is 1. The van der Waals surface area contributed by atoms with Crippen LogP contribution in [0.2, 0.25) is 0 Å². The molecule has 0 aliphatic rings. The summed E-state index contributed by atoms with van der Waals surface area (Å²) >= 11 is 0. The van der Waals surface area contributed by atoms with E-state index in [0.29, 0.717) is 6.42 Å². The Labute approximate surface area is 178 Å². The van der Waals surface area contributed by atoms with Crippen molar-refractivity contribution in [3.8, 4) is 0 Å². The summed E-state index contributed by atoms with van der Waals surface area (Å²) in [5.74, 6) is -0.972. The average molecular weight is 335 g/mol. The fraction of sp³-hybridized carbons (Fsp3) is 0.722. The van der Waals surface area contributed by atoms with E-state index in [0.717, 1.165) is 38.5 Å². The summed E-state index contributed by atoms with van der Waals surface area (Å²) < 4.78 is 0. The van der Waals surface area contributed by atoms with Gasteiger partial charge in [0.15, 0.2) is 0 Å².